The van der Waals surface area contributed by atoms with Crippen molar-refractivity contribution in [3.05, 3.63) is 212 Å². The van der Waals surface area contributed by atoms with Crippen LogP contribution in [-0.4, -0.2) is 14.1 Å². The minimum Gasteiger partial charge on any atom is -0.456 e. The van der Waals surface area contributed by atoms with E-state index in [4.69, 9.17) is 23.1 Å². The van der Waals surface area contributed by atoms with Gasteiger partial charge in [0.15, 0.2) is 0 Å². The third kappa shape index (κ3) is 5.99. The molecular formula is C58H42N4O. The average molecular weight is 821 g/mol. The van der Waals surface area contributed by atoms with Gasteiger partial charge in [-0.1, -0.05) is 166 Å². The number of hydrogen-bond acceptors (Lipinski definition) is 2. The van der Waals surface area contributed by atoms with E-state index >= 15 is 0 Å². The van der Waals surface area contributed by atoms with Crippen LogP contribution in [0, 0.1) is 6.33 Å². The molecule has 5 heteroatoms. The third-order valence-electron chi connectivity index (χ3n) is 11.9. The summed E-state index contributed by atoms with van der Waals surface area (Å²) in [4.78, 5) is 4.90. The summed E-state index contributed by atoms with van der Waals surface area (Å²) in [5.74, 6) is 0.822. The van der Waals surface area contributed by atoms with E-state index in [1.165, 1.54) is 5.56 Å². The molecule has 12 aromatic rings. The molecule has 0 fully saturated rings. The maximum Gasteiger partial charge on any atom is 0.269 e. The van der Waals surface area contributed by atoms with Crippen molar-refractivity contribution in [2.24, 2.45) is 0 Å². The molecule has 0 atom stereocenters. The van der Waals surface area contributed by atoms with Gasteiger partial charge >= 0.3 is 0 Å². The van der Waals surface area contributed by atoms with Gasteiger partial charge in [0.2, 0.25) is 0 Å². The fourth-order valence-corrected chi connectivity index (χ4v) is 8.97. The molecule has 0 N–H and O–H groups in total. The number of imidazole rings is 1. The molecule has 0 aliphatic rings. The summed E-state index contributed by atoms with van der Waals surface area (Å²) in [5, 5.41) is 3.98. The zero-order valence-corrected chi connectivity index (χ0v) is 34.5. The van der Waals surface area contributed by atoms with Gasteiger partial charge in [-0.3, -0.25) is 13.7 Å². The second-order valence-electron chi connectivity index (χ2n) is 16.7. The van der Waals surface area contributed by atoms with Crippen LogP contribution in [0.25, 0.3) is 105 Å². The standard InChI is InChI=1S/C58H42N4O/c1-58(2,3)41-31-32-59-55(34-41)62-49-27-11-10-23-46(49)47-36-54-48(35-52(47)62)56-43(24-16-30-53(56)63-54)40-21-14-22-42(33-40)60-37-61(51-29-13-12-28-50(51)60)57-44(38-17-6-4-7-18-38)25-15-26-45(57)39-19-8-5-9-20-39/h4-36H,1-3H3/i4D,5D,6D,7D,8D,9D,17D,18D,19D,20D. The summed E-state index contributed by atoms with van der Waals surface area (Å²) in [6.07, 6.45) is 5.38. The highest BCUT2D eigenvalue weighted by molar-refractivity contribution is 6.19. The lowest BCUT2D eigenvalue weighted by molar-refractivity contribution is -0.571. The zero-order valence-electron chi connectivity index (χ0n) is 44.5. The molecule has 0 saturated heterocycles. The Balaban J connectivity index is 1.08. The number of hydrogen-bond donors (Lipinski definition) is 0. The molecule has 0 spiro atoms. The number of rotatable bonds is 6. The first kappa shape index (κ1) is 27.8. The van der Waals surface area contributed by atoms with Gasteiger partial charge < -0.3 is 4.42 Å². The monoisotopic (exact) mass is 820 g/mol. The molecule has 8 aromatic carbocycles. The number of benzene rings is 8. The van der Waals surface area contributed by atoms with E-state index in [0.29, 0.717) is 16.7 Å². The number of fused-ring (bicyclic) bond motifs is 7. The largest absolute Gasteiger partial charge is 0.456 e. The molecule has 0 aliphatic carbocycles. The van der Waals surface area contributed by atoms with Crippen LogP contribution in [0.4, 0.5) is 0 Å². The normalized spacial score (nSPS) is 14.3. The molecule has 0 saturated carbocycles. The van der Waals surface area contributed by atoms with Crippen molar-refractivity contribution in [3.8, 4) is 50.6 Å². The van der Waals surface area contributed by atoms with E-state index in [1.54, 1.807) is 22.8 Å². The Bertz CT molecular complexity index is 4190. The van der Waals surface area contributed by atoms with Crippen molar-refractivity contribution < 1.29 is 22.7 Å². The topological polar surface area (TPSA) is 39.8 Å². The van der Waals surface area contributed by atoms with E-state index in [0.717, 1.165) is 60.7 Å². The van der Waals surface area contributed by atoms with E-state index in [2.05, 4.69) is 80.2 Å². The van der Waals surface area contributed by atoms with Gasteiger partial charge in [0, 0.05) is 27.7 Å². The van der Waals surface area contributed by atoms with Gasteiger partial charge in [-0.25, -0.2) is 4.98 Å². The fraction of sp³-hybridized carbons (Fsp3) is 0.0690. The van der Waals surface area contributed by atoms with E-state index in [9.17, 15) is 0 Å². The fourth-order valence-electron chi connectivity index (χ4n) is 8.97. The highest BCUT2D eigenvalue weighted by atomic mass is 16.3. The van der Waals surface area contributed by atoms with E-state index in [1.807, 2.05) is 77.5 Å². The smallest absolute Gasteiger partial charge is 0.269 e. The van der Waals surface area contributed by atoms with Crippen LogP contribution in [0.15, 0.2) is 204 Å². The Kier molecular flexibility index (Phi) is 6.29. The molecular weight excluding hydrogens is 769 g/mol. The number of pyridine rings is 1. The third-order valence-corrected chi connectivity index (χ3v) is 11.9. The van der Waals surface area contributed by atoms with E-state index in [-0.39, 0.29) is 33.4 Å². The number of aromatic nitrogens is 4. The summed E-state index contributed by atoms with van der Waals surface area (Å²) >= 11 is 0. The Morgan fingerprint density at radius 3 is 2.02 bits per heavy atom. The average Bonchev–Trinajstić information content (AvgIpc) is 4.07. The first-order valence-electron chi connectivity index (χ1n) is 25.7. The van der Waals surface area contributed by atoms with Crippen LogP contribution in [0.1, 0.15) is 40.0 Å². The van der Waals surface area contributed by atoms with Crippen molar-refractivity contribution in [1.82, 2.24) is 14.1 Å². The molecule has 4 heterocycles. The number of furan rings is 1. The quantitative estimate of drug-likeness (QED) is 0.124. The van der Waals surface area contributed by atoms with Crippen LogP contribution in [0.2, 0.25) is 0 Å². The molecule has 0 unspecified atom stereocenters. The van der Waals surface area contributed by atoms with Gasteiger partial charge in [-0.15, -0.1) is 0 Å². The predicted molar refractivity (Wildman–Crippen MR) is 258 cm³/mol. The first-order valence-corrected chi connectivity index (χ1v) is 20.7. The molecule has 5 nitrogen and oxygen atoms in total. The predicted octanol–water partition coefficient (Wildman–Crippen LogP) is 14.4. The molecule has 12 rings (SSSR count). The van der Waals surface area contributed by atoms with Gasteiger partial charge in [0.1, 0.15) is 17.0 Å². The highest BCUT2D eigenvalue weighted by Gasteiger charge is 2.23. The highest BCUT2D eigenvalue weighted by Crippen LogP contribution is 2.42. The molecule has 63 heavy (non-hydrogen) atoms. The maximum absolute atomic E-state index is 9.07. The summed E-state index contributed by atoms with van der Waals surface area (Å²) in [6, 6.07) is 38.1. The maximum atomic E-state index is 9.07. The molecule has 0 radical (unpaired) electrons. The molecule has 0 bridgehead atoms. The molecule has 300 valence electrons. The van der Waals surface area contributed by atoms with E-state index < -0.39 is 60.4 Å². The SMILES string of the molecule is [2H]c1c([2H])c([2H])c(-c2cccc(-c3c([2H])c([2H])c([2H])c([2H])c3[2H])c2-[n+]2[c-]n(-c3cccc(-c4cccc5oc6cc7c8ccccc8n(-c8cc(C(C)(C)C)ccn8)c7cc6c45)c3)c3ccccc32)c([2H])c1[2H]. The van der Waals surface area contributed by atoms with Gasteiger partial charge in [0.25, 0.3) is 6.33 Å². The lowest BCUT2D eigenvalue weighted by Crippen LogP contribution is -2.31. The molecule has 0 amide bonds. The van der Waals surface area contributed by atoms with Crippen molar-refractivity contribution in [1.29, 1.82) is 0 Å². The van der Waals surface area contributed by atoms with Crippen molar-refractivity contribution in [3.63, 3.8) is 0 Å². The van der Waals surface area contributed by atoms with Crippen LogP contribution in [-0.2, 0) is 5.41 Å². The zero-order chi connectivity index (χ0) is 50.9. The lowest BCUT2D eigenvalue weighted by Gasteiger charge is -2.20. The minimum atomic E-state index is -0.562. The van der Waals surface area contributed by atoms with Crippen LogP contribution < -0.4 is 4.57 Å². The second-order valence-corrected chi connectivity index (χ2v) is 16.7. The summed E-state index contributed by atoms with van der Waals surface area (Å²) in [5.41, 5.74) is 8.61. The van der Waals surface area contributed by atoms with Crippen LogP contribution in [0.5, 0.6) is 0 Å². The first-order chi connectivity index (χ1) is 35.0. The van der Waals surface area contributed by atoms with Crippen LogP contribution in [0.3, 0.4) is 0 Å². The lowest BCUT2D eigenvalue weighted by atomic mass is 9.88. The Labute approximate surface area is 379 Å². The van der Waals surface area contributed by atoms with Gasteiger partial charge in [-0.05, 0) is 92.9 Å². The Morgan fingerprint density at radius 2 is 1.25 bits per heavy atom. The summed E-state index contributed by atoms with van der Waals surface area (Å²) < 4.78 is 99.9. The van der Waals surface area contributed by atoms with Crippen molar-refractivity contribution in [2.75, 3.05) is 0 Å². The van der Waals surface area contributed by atoms with Gasteiger partial charge in [-0.2, -0.15) is 0 Å². The second kappa shape index (κ2) is 14.3. The Hall–Kier alpha value is -8.02. The van der Waals surface area contributed by atoms with Crippen LogP contribution >= 0.6 is 0 Å². The minimum absolute atomic E-state index is 0.0887. The summed E-state index contributed by atoms with van der Waals surface area (Å²) in [7, 11) is 0. The van der Waals surface area contributed by atoms with Crippen molar-refractivity contribution in [2.45, 2.75) is 26.2 Å². The van der Waals surface area contributed by atoms with Gasteiger partial charge in [0.05, 0.1) is 47.1 Å². The molecule has 0 aliphatic heterocycles. The Morgan fingerprint density at radius 1 is 0.571 bits per heavy atom. The number of nitrogens with zero attached hydrogens (tertiary/aromatic N) is 4. The van der Waals surface area contributed by atoms with Crippen molar-refractivity contribution >= 4 is 54.8 Å². The molecule has 4 aromatic heterocycles. The number of para-hydroxylation sites is 4. The summed E-state index contributed by atoms with van der Waals surface area (Å²) in [6.45, 7) is 6.59.